The van der Waals surface area contributed by atoms with Crippen LogP contribution in [0.4, 0.5) is 0 Å². The molecule has 2 N–H and O–H groups in total. The zero-order chi connectivity index (χ0) is 18.5. The summed E-state index contributed by atoms with van der Waals surface area (Å²) >= 11 is 0. The Kier molecular flexibility index (Phi) is 4.32. The fraction of sp³-hybridized carbons (Fsp3) is 0.333. The third-order valence-electron chi connectivity index (χ3n) is 4.92. The van der Waals surface area contributed by atoms with Crippen LogP contribution in [0.1, 0.15) is 27.7 Å². The van der Waals surface area contributed by atoms with Gasteiger partial charge in [0.1, 0.15) is 0 Å². The Bertz CT molecular complexity index is 879. The zero-order valence-electron chi connectivity index (χ0n) is 14.8. The van der Waals surface area contributed by atoms with Crippen LogP contribution in [0.2, 0.25) is 0 Å². The second kappa shape index (κ2) is 5.95. The second-order valence-electron chi connectivity index (χ2n) is 7.25. The fourth-order valence-corrected chi connectivity index (χ4v) is 3.51. The molecular weight excluding hydrogens is 337 g/mol. The molecular formula is C18H22BNO4S. The van der Waals surface area contributed by atoms with E-state index < -0.39 is 28.3 Å². The van der Waals surface area contributed by atoms with E-state index in [0.717, 1.165) is 11.0 Å². The third-order valence-corrected chi connectivity index (χ3v) is 5.89. The lowest BCUT2D eigenvalue weighted by Gasteiger charge is -2.32. The first-order valence-electron chi connectivity index (χ1n) is 8.09. The molecule has 1 heterocycles. The molecule has 0 unspecified atom stereocenters. The molecule has 2 aromatic carbocycles. The molecule has 1 saturated heterocycles. The minimum absolute atomic E-state index is 0.0824. The fourth-order valence-electron chi connectivity index (χ4n) is 2.76. The van der Waals surface area contributed by atoms with E-state index in [1.54, 1.807) is 12.1 Å². The predicted molar refractivity (Wildman–Crippen MR) is 99.0 cm³/mol. The van der Waals surface area contributed by atoms with Crippen LogP contribution in [0.3, 0.4) is 0 Å². The van der Waals surface area contributed by atoms with Crippen molar-refractivity contribution in [2.45, 2.75) is 43.8 Å². The van der Waals surface area contributed by atoms with Crippen molar-refractivity contribution in [1.29, 1.82) is 0 Å². The van der Waals surface area contributed by atoms with Crippen LogP contribution < -0.4 is 10.6 Å². The minimum atomic E-state index is -3.85. The molecule has 1 aliphatic rings. The Balaban J connectivity index is 2.10. The van der Waals surface area contributed by atoms with Gasteiger partial charge < -0.3 is 9.31 Å². The maximum absolute atomic E-state index is 12.0. The van der Waals surface area contributed by atoms with Crippen molar-refractivity contribution in [2.24, 2.45) is 5.14 Å². The summed E-state index contributed by atoms with van der Waals surface area (Å²) in [5.74, 6) is 0. The molecule has 5 nitrogen and oxygen atoms in total. The number of benzene rings is 2. The summed E-state index contributed by atoms with van der Waals surface area (Å²) in [6.07, 6.45) is 0. The Morgan fingerprint density at radius 1 is 0.920 bits per heavy atom. The van der Waals surface area contributed by atoms with E-state index in [1.807, 2.05) is 58.0 Å². The van der Waals surface area contributed by atoms with Gasteiger partial charge >= 0.3 is 7.12 Å². The average molecular weight is 359 g/mol. The Hall–Kier alpha value is -1.67. The second-order valence-corrected chi connectivity index (χ2v) is 8.78. The van der Waals surface area contributed by atoms with Gasteiger partial charge in [-0.2, -0.15) is 0 Å². The SMILES string of the molecule is CC1(C)OB(c2ccc(S(N)(=O)=O)c(-c3ccccc3)c2)OC1(C)C. The monoisotopic (exact) mass is 359 g/mol. The highest BCUT2D eigenvalue weighted by atomic mass is 32.2. The molecule has 0 atom stereocenters. The van der Waals surface area contributed by atoms with Crippen molar-refractivity contribution >= 4 is 22.6 Å². The Morgan fingerprint density at radius 2 is 1.48 bits per heavy atom. The van der Waals surface area contributed by atoms with Gasteiger partial charge in [-0.05, 0) is 44.8 Å². The van der Waals surface area contributed by atoms with Crippen molar-refractivity contribution in [3.63, 3.8) is 0 Å². The highest BCUT2D eigenvalue weighted by Gasteiger charge is 2.51. The number of hydrogen-bond donors (Lipinski definition) is 1. The third kappa shape index (κ3) is 3.37. The summed E-state index contributed by atoms with van der Waals surface area (Å²) in [6, 6.07) is 14.2. The van der Waals surface area contributed by atoms with Gasteiger partial charge in [0.15, 0.2) is 0 Å². The molecule has 0 spiro atoms. The molecule has 2 aromatic rings. The molecule has 0 radical (unpaired) electrons. The highest BCUT2D eigenvalue weighted by Crippen LogP contribution is 2.37. The molecule has 0 bridgehead atoms. The number of hydrogen-bond acceptors (Lipinski definition) is 4. The zero-order valence-corrected chi connectivity index (χ0v) is 15.6. The molecule has 1 fully saturated rings. The van der Waals surface area contributed by atoms with E-state index in [4.69, 9.17) is 14.4 Å². The Labute approximate surface area is 149 Å². The highest BCUT2D eigenvalue weighted by molar-refractivity contribution is 7.89. The summed E-state index contributed by atoms with van der Waals surface area (Å²) in [7, 11) is -4.42. The molecule has 132 valence electrons. The summed E-state index contributed by atoms with van der Waals surface area (Å²) in [5.41, 5.74) is 1.12. The number of primary sulfonamides is 1. The van der Waals surface area contributed by atoms with Gasteiger partial charge in [-0.25, -0.2) is 13.6 Å². The van der Waals surface area contributed by atoms with Gasteiger partial charge in [-0.3, -0.25) is 0 Å². The molecule has 7 heteroatoms. The van der Waals surface area contributed by atoms with Crippen LogP contribution in [0.15, 0.2) is 53.4 Å². The lowest BCUT2D eigenvalue weighted by Crippen LogP contribution is -2.41. The maximum Gasteiger partial charge on any atom is 0.494 e. The van der Waals surface area contributed by atoms with Crippen molar-refractivity contribution in [3.8, 4) is 11.1 Å². The lowest BCUT2D eigenvalue weighted by molar-refractivity contribution is 0.00578. The van der Waals surface area contributed by atoms with E-state index in [-0.39, 0.29) is 4.90 Å². The lowest BCUT2D eigenvalue weighted by atomic mass is 9.78. The van der Waals surface area contributed by atoms with Crippen LogP contribution >= 0.6 is 0 Å². The number of rotatable bonds is 3. The summed E-state index contributed by atoms with van der Waals surface area (Å²) in [6.45, 7) is 7.90. The van der Waals surface area contributed by atoms with Crippen LogP contribution in [-0.2, 0) is 19.3 Å². The van der Waals surface area contributed by atoms with E-state index >= 15 is 0 Å². The first kappa shape index (κ1) is 18.1. The average Bonchev–Trinajstić information content (AvgIpc) is 2.75. The normalized spacial score (nSPS) is 19.2. The first-order chi connectivity index (χ1) is 11.5. The molecule has 25 heavy (non-hydrogen) atoms. The van der Waals surface area contributed by atoms with Crippen molar-refractivity contribution in [2.75, 3.05) is 0 Å². The van der Waals surface area contributed by atoms with Crippen molar-refractivity contribution in [3.05, 3.63) is 48.5 Å². The van der Waals surface area contributed by atoms with Gasteiger partial charge in [0.2, 0.25) is 10.0 Å². The topological polar surface area (TPSA) is 78.6 Å². The first-order valence-corrected chi connectivity index (χ1v) is 9.64. The summed E-state index contributed by atoms with van der Waals surface area (Å²) in [4.78, 5) is 0.0824. The quantitative estimate of drug-likeness (QED) is 0.853. The van der Waals surface area contributed by atoms with Gasteiger partial charge in [-0.1, -0.05) is 42.5 Å². The molecule has 0 aromatic heterocycles. The van der Waals surface area contributed by atoms with Crippen molar-refractivity contribution in [1.82, 2.24) is 0 Å². The van der Waals surface area contributed by atoms with Gasteiger partial charge in [0, 0.05) is 5.56 Å². The predicted octanol–water partition coefficient (Wildman–Crippen LogP) is 2.30. The summed E-state index contributed by atoms with van der Waals surface area (Å²) in [5, 5.41) is 5.39. The Morgan fingerprint density at radius 3 is 2.00 bits per heavy atom. The van der Waals surface area contributed by atoms with Gasteiger partial charge in [0.25, 0.3) is 0 Å². The number of sulfonamides is 1. The summed E-state index contributed by atoms with van der Waals surface area (Å²) < 4.78 is 36.1. The van der Waals surface area contributed by atoms with Gasteiger partial charge in [0.05, 0.1) is 16.1 Å². The molecule has 0 saturated carbocycles. The van der Waals surface area contributed by atoms with Crippen LogP contribution in [-0.4, -0.2) is 26.7 Å². The molecule has 0 aliphatic carbocycles. The minimum Gasteiger partial charge on any atom is -0.399 e. The van der Waals surface area contributed by atoms with E-state index in [1.165, 1.54) is 6.07 Å². The maximum atomic E-state index is 12.0. The van der Waals surface area contributed by atoms with E-state index in [2.05, 4.69) is 0 Å². The van der Waals surface area contributed by atoms with Crippen LogP contribution in [0.25, 0.3) is 11.1 Å². The standard InChI is InChI=1S/C18H22BNO4S/c1-17(2)18(3,4)24-19(23-17)14-10-11-16(25(20,21)22)15(12-14)13-8-6-5-7-9-13/h5-12H,1-4H3,(H2,20,21,22). The molecule has 3 rings (SSSR count). The van der Waals surface area contributed by atoms with Crippen molar-refractivity contribution < 1.29 is 17.7 Å². The molecule has 1 aliphatic heterocycles. The van der Waals surface area contributed by atoms with Crippen LogP contribution in [0.5, 0.6) is 0 Å². The smallest absolute Gasteiger partial charge is 0.399 e. The largest absolute Gasteiger partial charge is 0.494 e. The van der Waals surface area contributed by atoms with Gasteiger partial charge in [-0.15, -0.1) is 0 Å². The van der Waals surface area contributed by atoms with E-state index in [9.17, 15) is 8.42 Å². The number of nitrogens with two attached hydrogens (primary N) is 1. The van der Waals surface area contributed by atoms with Crippen LogP contribution in [0, 0.1) is 0 Å². The van der Waals surface area contributed by atoms with E-state index in [0.29, 0.717) is 5.56 Å². The molecule has 0 amide bonds.